The third kappa shape index (κ3) is 4.74. The number of hydrogen-bond acceptors (Lipinski definition) is 2. The lowest BCUT2D eigenvalue weighted by molar-refractivity contribution is -0.113. The fourth-order valence-electron chi connectivity index (χ4n) is 2.76. The van der Waals surface area contributed by atoms with Crippen LogP contribution in [0.5, 0.6) is 0 Å². The van der Waals surface area contributed by atoms with Gasteiger partial charge in [-0.05, 0) is 49.2 Å². The number of hydrogen-bond donors (Lipinski definition) is 2. The van der Waals surface area contributed by atoms with Gasteiger partial charge in [0.05, 0.1) is 0 Å². The van der Waals surface area contributed by atoms with Crippen LogP contribution in [0.15, 0.2) is 90.6 Å². The van der Waals surface area contributed by atoms with E-state index in [1.54, 1.807) is 36.4 Å². The summed E-state index contributed by atoms with van der Waals surface area (Å²) in [5.41, 5.74) is 4.07. The number of rotatable bonds is 5. The summed E-state index contributed by atoms with van der Waals surface area (Å²) in [6, 6.07) is 25.8. The van der Waals surface area contributed by atoms with Gasteiger partial charge in [0.1, 0.15) is 5.70 Å². The summed E-state index contributed by atoms with van der Waals surface area (Å²) in [5, 5.41) is 5.64. The maximum Gasteiger partial charge on any atom is 0.272 e. The Morgan fingerprint density at radius 3 is 1.89 bits per heavy atom. The lowest BCUT2D eigenvalue weighted by Gasteiger charge is -2.15. The highest BCUT2D eigenvalue weighted by Crippen LogP contribution is 2.19. The Bertz CT molecular complexity index is 992. The van der Waals surface area contributed by atoms with Crippen LogP contribution in [0.25, 0.3) is 5.57 Å². The molecule has 0 fully saturated rings. The molecule has 0 heterocycles. The summed E-state index contributed by atoms with van der Waals surface area (Å²) in [6.07, 6.45) is 0. The predicted molar refractivity (Wildman–Crippen MR) is 113 cm³/mol. The summed E-state index contributed by atoms with van der Waals surface area (Å²) < 4.78 is 0. The standard InChI is InChI=1S/C24H22N2O2/c1-17-13-15-19(16-14-17)18(2)22(24(28)25-21-11-7-4-8-12-21)26-23(27)20-9-5-3-6-10-20/h3-16H,1-2H3,(H,25,28)(H,26,27)/b22-18-. The van der Waals surface area contributed by atoms with Crippen LogP contribution in [-0.4, -0.2) is 11.8 Å². The Morgan fingerprint density at radius 2 is 1.29 bits per heavy atom. The molecule has 4 heteroatoms. The number of para-hydroxylation sites is 1. The molecular formula is C24H22N2O2. The molecule has 3 rings (SSSR count). The van der Waals surface area contributed by atoms with Crippen molar-refractivity contribution in [1.29, 1.82) is 0 Å². The largest absolute Gasteiger partial charge is 0.321 e. The van der Waals surface area contributed by atoms with Gasteiger partial charge in [-0.1, -0.05) is 66.2 Å². The normalized spacial score (nSPS) is 11.4. The Morgan fingerprint density at radius 1 is 0.714 bits per heavy atom. The van der Waals surface area contributed by atoms with Crippen LogP contribution in [0.1, 0.15) is 28.4 Å². The van der Waals surface area contributed by atoms with E-state index in [0.29, 0.717) is 16.8 Å². The molecule has 0 aliphatic heterocycles. The Balaban J connectivity index is 1.95. The lowest BCUT2D eigenvalue weighted by Crippen LogP contribution is -2.31. The Kier molecular flexibility index (Phi) is 6.02. The summed E-state index contributed by atoms with van der Waals surface area (Å²) in [7, 11) is 0. The maximum atomic E-state index is 13.0. The van der Waals surface area contributed by atoms with Gasteiger partial charge in [0.2, 0.25) is 0 Å². The Labute approximate surface area is 164 Å². The minimum atomic E-state index is -0.367. The van der Waals surface area contributed by atoms with Crippen LogP contribution in [0.3, 0.4) is 0 Å². The van der Waals surface area contributed by atoms with Crippen molar-refractivity contribution in [2.75, 3.05) is 5.32 Å². The second-order valence-corrected chi connectivity index (χ2v) is 6.51. The molecule has 3 aromatic carbocycles. The molecule has 0 aliphatic carbocycles. The highest BCUT2D eigenvalue weighted by molar-refractivity contribution is 6.12. The van der Waals surface area contributed by atoms with Crippen molar-refractivity contribution >= 4 is 23.1 Å². The zero-order chi connectivity index (χ0) is 19.9. The zero-order valence-corrected chi connectivity index (χ0v) is 15.9. The number of nitrogens with one attached hydrogen (secondary N) is 2. The fraction of sp³-hybridized carbons (Fsp3) is 0.0833. The predicted octanol–water partition coefficient (Wildman–Crippen LogP) is 4.79. The highest BCUT2D eigenvalue weighted by Gasteiger charge is 2.18. The molecule has 0 radical (unpaired) electrons. The number of anilines is 1. The second-order valence-electron chi connectivity index (χ2n) is 6.51. The summed E-state index contributed by atoms with van der Waals surface area (Å²) in [4.78, 5) is 25.7. The molecular weight excluding hydrogens is 348 g/mol. The van der Waals surface area contributed by atoms with E-state index in [4.69, 9.17) is 0 Å². The van der Waals surface area contributed by atoms with Crippen molar-refractivity contribution in [1.82, 2.24) is 5.32 Å². The number of amides is 2. The zero-order valence-electron chi connectivity index (χ0n) is 15.9. The van der Waals surface area contributed by atoms with Crippen LogP contribution in [0.4, 0.5) is 5.69 Å². The molecule has 0 unspecified atom stereocenters. The van der Waals surface area contributed by atoms with Crippen LogP contribution >= 0.6 is 0 Å². The maximum absolute atomic E-state index is 13.0. The minimum absolute atomic E-state index is 0.224. The van der Waals surface area contributed by atoms with Crippen molar-refractivity contribution in [3.63, 3.8) is 0 Å². The monoisotopic (exact) mass is 370 g/mol. The van der Waals surface area contributed by atoms with E-state index >= 15 is 0 Å². The molecule has 3 aromatic rings. The number of carbonyl (C=O) groups is 2. The van der Waals surface area contributed by atoms with Crippen molar-refractivity contribution < 1.29 is 9.59 Å². The Hall–Kier alpha value is -3.66. The van der Waals surface area contributed by atoms with Gasteiger partial charge in [-0.25, -0.2) is 0 Å². The summed E-state index contributed by atoms with van der Waals surface area (Å²) >= 11 is 0. The van der Waals surface area contributed by atoms with Gasteiger partial charge in [0.25, 0.3) is 11.8 Å². The molecule has 0 aliphatic rings. The highest BCUT2D eigenvalue weighted by atomic mass is 16.2. The van der Waals surface area contributed by atoms with E-state index in [9.17, 15) is 9.59 Å². The number of carbonyl (C=O) groups excluding carboxylic acids is 2. The van der Waals surface area contributed by atoms with Gasteiger partial charge in [0.15, 0.2) is 0 Å². The summed E-state index contributed by atoms with van der Waals surface area (Å²) in [6.45, 7) is 3.83. The SMILES string of the molecule is C/C(=C(/NC(=O)c1ccccc1)C(=O)Nc1ccccc1)c1ccc(C)cc1. The van der Waals surface area contributed by atoms with E-state index in [0.717, 1.165) is 11.1 Å². The fourth-order valence-corrected chi connectivity index (χ4v) is 2.76. The molecule has 2 N–H and O–H groups in total. The van der Waals surface area contributed by atoms with Crippen LogP contribution in [0.2, 0.25) is 0 Å². The van der Waals surface area contributed by atoms with E-state index < -0.39 is 0 Å². The van der Waals surface area contributed by atoms with Crippen molar-refractivity contribution in [3.05, 3.63) is 107 Å². The molecule has 28 heavy (non-hydrogen) atoms. The second kappa shape index (κ2) is 8.82. The smallest absolute Gasteiger partial charge is 0.272 e. The van der Waals surface area contributed by atoms with E-state index in [2.05, 4.69) is 10.6 Å². The van der Waals surface area contributed by atoms with Gasteiger partial charge in [-0.2, -0.15) is 0 Å². The average Bonchev–Trinajstić information content (AvgIpc) is 2.73. The molecule has 0 spiro atoms. The van der Waals surface area contributed by atoms with Gasteiger partial charge in [-0.15, -0.1) is 0 Å². The minimum Gasteiger partial charge on any atom is -0.321 e. The van der Waals surface area contributed by atoms with Crippen LogP contribution < -0.4 is 10.6 Å². The van der Waals surface area contributed by atoms with Crippen LogP contribution in [-0.2, 0) is 4.79 Å². The van der Waals surface area contributed by atoms with Crippen molar-refractivity contribution in [2.24, 2.45) is 0 Å². The molecule has 0 aromatic heterocycles. The third-order valence-corrected chi connectivity index (χ3v) is 4.39. The molecule has 4 nitrogen and oxygen atoms in total. The first-order chi connectivity index (χ1) is 13.5. The first kappa shape index (κ1) is 19.1. The molecule has 0 atom stereocenters. The van der Waals surface area contributed by atoms with E-state index in [1.807, 2.05) is 62.4 Å². The average molecular weight is 370 g/mol. The van der Waals surface area contributed by atoms with Gasteiger partial charge >= 0.3 is 0 Å². The molecule has 0 bridgehead atoms. The molecule has 140 valence electrons. The molecule has 0 saturated heterocycles. The van der Waals surface area contributed by atoms with Gasteiger partial charge < -0.3 is 10.6 Å². The first-order valence-electron chi connectivity index (χ1n) is 9.05. The number of benzene rings is 3. The number of aryl methyl sites for hydroxylation is 1. The first-order valence-corrected chi connectivity index (χ1v) is 9.05. The van der Waals surface area contributed by atoms with Gasteiger partial charge in [-0.3, -0.25) is 9.59 Å². The quantitative estimate of drug-likeness (QED) is 0.634. The molecule has 0 saturated carbocycles. The third-order valence-electron chi connectivity index (χ3n) is 4.39. The lowest BCUT2D eigenvalue weighted by atomic mass is 10.0. The van der Waals surface area contributed by atoms with Crippen LogP contribution in [0, 0.1) is 6.92 Å². The van der Waals surface area contributed by atoms with Crippen molar-refractivity contribution in [3.8, 4) is 0 Å². The van der Waals surface area contributed by atoms with Crippen molar-refractivity contribution in [2.45, 2.75) is 13.8 Å². The van der Waals surface area contributed by atoms with Gasteiger partial charge in [0, 0.05) is 11.3 Å². The number of allylic oxidation sites excluding steroid dienone is 1. The summed E-state index contributed by atoms with van der Waals surface area (Å²) in [5.74, 6) is -0.696. The molecule has 2 amide bonds. The topological polar surface area (TPSA) is 58.2 Å². The van der Waals surface area contributed by atoms with E-state index in [1.165, 1.54) is 0 Å². The van der Waals surface area contributed by atoms with E-state index in [-0.39, 0.29) is 17.5 Å².